The molecule has 3 rings (SSSR count). The van der Waals surface area contributed by atoms with Crippen LogP contribution in [0.3, 0.4) is 0 Å². The number of amides is 1. The summed E-state index contributed by atoms with van der Waals surface area (Å²) in [6.07, 6.45) is 3.10. The number of hydrogen-bond donors (Lipinski definition) is 1. The predicted octanol–water partition coefficient (Wildman–Crippen LogP) is 2.86. The van der Waals surface area contributed by atoms with Crippen molar-refractivity contribution in [1.29, 1.82) is 0 Å². The number of benzene rings is 2. The van der Waals surface area contributed by atoms with Crippen LogP contribution in [-0.2, 0) is 6.54 Å². The largest absolute Gasteiger partial charge is 0.493 e. The number of carbonyl (C=O) groups excluding carboxylic acids is 1. The van der Waals surface area contributed by atoms with Crippen molar-refractivity contribution >= 4 is 5.91 Å². The molecule has 7 nitrogen and oxygen atoms in total. The minimum atomic E-state index is -0.252. The van der Waals surface area contributed by atoms with Crippen molar-refractivity contribution < 1.29 is 14.3 Å². The van der Waals surface area contributed by atoms with E-state index in [1.165, 1.54) is 6.33 Å². The Morgan fingerprint density at radius 2 is 2.00 bits per heavy atom. The number of aromatic nitrogens is 3. The van der Waals surface area contributed by atoms with Gasteiger partial charge in [-0.25, -0.2) is 4.98 Å². The summed E-state index contributed by atoms with van der Waals surface area (Å²) in [5.74, 6) is 0.934. The first-order chi connectivity index (χ1) is 13.2. The maximum Gasteiger partial charge on any atom is 0.251 e. The Balaban J connectivity index is 1.82. The van der Waals surface area contributed by atoms with Crippen LogP contribution >= 0.6 is 0 Å². The lowest BCUT2D eigenvalue weighted by atomic mass is 10.1. The summed E-state index contributed by atoms with van der Waals surface area (Å²) in [6.45, 7) is 2.85. The molecule has 0 fully saturated rings. The second-order valence-electron chi connectivity index (χ2n) is 5.85. The van der Waals surface area contributed by atoms with Gasteiger partial charge in [-0.1, -0.05) is 30.3 Å². The summed E-state index contributed by atoms with van der Waals surface area (Å²) in [5.41, 5.74) is 1.48. The van der Waals surface area contributed by atoms with E-state index in [2.05, 4.69) is 15.4 Å². The highest BCUT2D eigenvalue weighted by atomic mass is 16.5. The van der Waals surface area contributed by atoms with Crippen molar-refractivity contribution in [2.24, 2.45) is 0 Å². The molecular weight excluding hydrogens is 344 g/mol. The van der Waals surface area contributed by atoms with Crippen LogP contribution in [0.25, 0.3) is 0 Å². The Labute approximate surface area is 158 Å². The highest BCUT2D eigenvalue weighted by Gasteiger charge is 2.18. The summed E-state index contributed by atoms with van der Waals surface area (Å²) in [4.78, 5) is 16.8. The predicted molar refractivity (Wildman–Crippen MR) is 101 cm³/mol. The van der Waals surface area contributed by atoms with Gasteiger partial charge in [0.2, 0.25) is 0 Å². The molecule has 0 bridgehead atoms. The lowest BCUT2D eigenvalue weighted by Crippen LogP contribution is -2.31. The van der Waals surface area contributed by atoms with E-state index in [0.29, 0.717) is 30.2 Å². The molecule has 0 spiro atoms. The van der Waals surface area contributed by atoms with Gasteiger partial charge in [0.1, 0.15) is 12.7 Å². The molecule has 1 unspecified atom stereocenters. The minimum Gasteiger partial charge on any atom is -0.493 e. The zero-order valence-electron chi connectivity index (χ0n) is 15.3. The van der Waals surface area contributed by atoms with Gasteiger partial charge in [-0.3, -0.25) is 9.48 Å². The third-order valence-electron chi connectivity index (χ3n) is 4.07. The van der Waals surface area contributed by atoms with Crippen LogP contribution < -0.4 is 14.8 Å². The van der Waals surface area contributed by atoms with Crippen LogP contribution in [0.4, 0.5) is 0 Å². The number of ether oxygens (including phenoxy) is 2. The van der Waals surface area contributed by atoms with Crippen molar-refractivity contribution in [2.75, 3.05) is 13.7 Å². The smallest absolute Gasteiger partial charge is 0.251 e. The van der Waals surface area contributed by atoms with E-state index in [0.717, 1.165) is 5.56 Å². The number of nitrogens with one attached hydrogen (secondary N) is 1. The third-order valence-corrected chi connectivity index (χ3v) is 4.07. The topological polar surface area (TPSA) is 78.3 Å². The highest BCUT2D eigenvalue weighted by molar-refractivity contribution is 5.95. The van der Waals surface area contributed by atoms with Gasteiger partial charge in [-0.05, 0) is 30.7 Å². The summed E-state index contributed by atoms with van der Waals surface area (Å²) in [6, 6.07) is 14.7. The lowest BCUT2D eigenvalue weighted by Gasteiger charge is -2.19. The molecule has 0 aliphatic rings. The minimum absolute atomic E-state index is 0.201. The van der Waals surface area contributed by atoms with E-state index < -0.39 is 0 Å². The van der Waals surface area contributed by atoms with Gasteiger partial charge in [-0.2, -0.15) is 5.10 Å². The molecule has 0 aliphatic carbocycles. The summed E-state index contributed by atoms with van der Waals surface area (Å²) in [7, 11) is 1.57. The normalized spacial score (nSPS) is 11.6. The van der Waals surface area contributed by atoms with E-state index in [1.807, 2.05) is 37.3 Å². The van der Waals surface area contributed by atoms with Crippen LogP contribution in [0, 0.1) is 0 Å². The molecule has 0 saturated heterocycles. The molecule has 7 heteroatoms. The summed E-state index contributed by atoms with van der Waals surface area (Å²) < 4.78 is 12.5. The van der Waals surface area contributed by atoms with Crippen molar-refractivity contribution in [1.82, 2.24) is 20.1 Å². The Kier molecular flexibility index (Phi) is 6.04. The van der Waals surface area contributed by atoms with E-state index in [4.69, 9.17) is 9.47 Å². The maximum atomic E-state index is 12.9. The Morgan fingerprint density at radius 1 is 1.19 bits per heavy atom. The van der Waals surface area contributed by atoms with E-state index in [9.17, 15) is 4.79 Å². The van der Waals surface area contributed by atoms with Crippen molar-refractivity contribution in [3.63, 3.8) is 0 Å². The fourth-order valence-corrected chi connectivity index (χ4v) is 2.76. The molecular formula is C20H22N4O3. The molecule has 1 aromatic heterocycles. The molecule has 27 heavy (non-hydrogen) atoms. The quantitative estimate of drug-likeness (QED) is 0.663. The molecule has 3 aromatic rings. The van der Waals surface area contributed by atoms with E-state index in [-0.39, 0.29) is 11.9 Å². The number of rotatable bonds is 8. The monoisotopic (exact) mass is 366 g/mol. The molecule has 0 saturated carbocycles. The van der Waals surface area contributed by atoms with Crippen molar-refractivity contribution in [2.45, 2.75) is 19.5 Å². The average Bonchev–Trinajstić information content (AvgIpc) is 3.21. The standard InChI is InChI=1S/C20H22N4O3/c1-3-27-19-11-16(9-10-18(19)26-2)20(25)23-17(12-24-14-21-13-22-24)15-7-5-4-6-8-15/h4-11,13-14,17H,3,12H2,1-2H3,(H,23,25). The van der Waals surface area contributed by atoms with Gasteiger partial charge in [0.25, 0.3) is 5.91 Å². The van der Waals surface area contributed by atoms with Crippen LogP contribution in [-0.4, -0.2) is 34.4 Å². The van der Waals surface area contributed by atoms with Gasteiger partial charge in [0, 0.05) is 5.56 Å². The highest BCUT2D eigenvalue weighted by Crippen LogP contribution is 2.28. The van der Waals surface area contributed by atoms with Crippen LogP contribution in [0.1, 0.15) is 28.9 Å². The Morgan fingerprint density at radius 3 is 2.67 bits per heavy atom. The SMILES string of the molecule is CCOc1cc(C(=O)NC(Cn2cncn2)c2ccccc2)ccc1OC. The van der Waals surface area contributed by atoms with Crippen LogP contribution in [0.5, 0.6) is 11.5 Å². The zero-order chi connectivity index (χ0) is 19.1. The first-order valence-corrected chi connectivity index (χ1v) is 8.70. The second kappa shape index (κ2) is 8.84. The number of hydrogen-bond acceptors (Lipinski definition) is 5. The Hall–Kier alpha value is -3.35. The fourth-order valence-electron chi connectivity index (χ4n) is 2.76. The van der Waals surface area contributed by atoms with Crippen molar-refractivity contribution in [3.05, 3.63) is 72.3 Å². The maximum absolute atomic E-state index is 12.9. The third kappa shape index (κ3) is 4.63. The van der Waals surface area contributed by atoms with E-state index in [1.54, 1.807) is 36.3 Å². The average molecular weight is 366 g/mol. The van der Waals surface area contributed by atoms with Gasteiger partial charge in [0.15, 0.2) is 11.5 Å². The van der Waals surface area contributed by atoms with Gasteiger partial charge >= 0.3 is 0 Å². The van der Waals surface area contributed by atoms with Crippen LogP contribution in [0.2, 0.25) is 0 Å². The van der Waals surface area contributed by atoms with Gasteiger partial charge < -0.3 is 14.8 Å². The molecule has 0 radical (unpaired) electrons. The molecule has 1 N–H and O–H groups in total. The first-order valence-electron chi connectivity index (χ1n) is 8.70. The molecule has 140 valence electrons. The van der Waals surface area contributed by atoms with E-state index >= 15 is 0 Å². The Bertz CT molecular complexity index is 866. The van der Waals surface area contributed by atoms with Crippen molar-refractivity contribution in [3.8, 4) is 11.5 Å². The number of nitrogens with zero attached hydrogens (tertiary/aromatic N) is 3. The summed E-state index contributed by atoms with van der Waals surface area (Å²) >= 11 is 0. The molecule has 1 heterocycles. The second-order valence-corrected chi connectivity index (χ2v) is 5.85. The molecule has 0 aliphatic heterocycles. The number of methoxy groups -OCH3 is 1. The molecule has 1 amide bonds. The fraction of sp³-hybridized carbons (Fsp3) is 0.250. The lowest BCUT2D eigenvalue weighted by molar-refractivity contribution is 0.0931. The molecule has 1 atom stereocenters. The van der Waals surface area contributed by atoms with Crippen LogP contribution in [0.15, 0.2) is 61.2 Å². The summed E-state index contributed by atoms with van der Waals surface area (Å²) in [5, 5.41) is 7.21. The van der Waals surface area contributed by atoms with Gasteiger partial charge in [0.05, 0.1) is 26.3 Å². The molecule has 2 aromatic carbocycles. The van der Waals surface area contributed by atoms with Gasteiger partial charge in [-0.15, -0.1) is 0 Å². The first kappa shape index (κ1) is 18.4. The zero-order valence-corrected chi connectivity index (χ0v) is 15.3. The number of carbonyl (C=O) groups is 1.